The van der Waals surface area contributed by atoms with Crippen molar-refractivity contribution in [2.24, 2.45) is 0 Å². The summed E-state index contributed by atoms with van der Waals surface area (Å²) in [7, 11) is 3.26. The second-order valence-corrected chi connectivity index (χ2v) is 8.85. The molecule has 1 saturated heterocycles. The molecule has 1 atom stereocenters. The number of aromatic nitrogens is 1. The average molecular weight is 415 g/mol. The summed E-state index contributed by atoms with van der Waals surface area (Å²) in [4.78, 5) is 19.5. The Kier molecular flexibility index (Phi) is 5.73. The first-order valence-corrected chi connectivity index (χ1v) is 11.0. The van der Waals surface area contributed by atoms with Crippen molar-refractivity contribution in [1.29, 1.82) is 0 Å². The average Bonchev–Trinajstić information content (AvgIpc) is 3.38. The van der Waals surface area contributed by atoms with Crippen LogP contribution in [0, 0.1) is 0 Å². The van der Waals surface area contributed by atoms with E-state index in [0.717, 1.165) is 39.5 Å². The molecule has 28 heavy (non-hydrogen) atoms. The molecule has 4 rings (SSSR count). The largest absolute Gasteiger partial charge is 0.493 e. The molecule has 1 aliphatic heterocycles. The second kappa shape index (κ2) is 8.41. The Labute approximate surface area is 172 Å². The lowest BCUT2D eigenvalue weighted by Gasteiger charge is -2.25. The van der Waals surface area contributed by atoms with Gasteiger partial charge in [-0.25, -0.2) is 4.98 Å². The number of fused-ring (bicyclic) bond motifs is 1. The molecule has 146 valence electrons. The molecule has 0 spiro atoms. The summed E-state index contributed by atoms with van der Waals surface area (Å²) < 4.78 is 12.8. The molecule has 0 saturated carbocycles. The number of carbonyl (C=O) groups is 1. The summed E-state index contributed by atoms with van der Waals surface area (Å²) in [5.41, 5.74) is 2.08. The van der Waals surface area contributed by atoms with Gasteiger partial charge in [-0.2, -0.15) is 0 Å². The van der Waals surface area contributed by atoms with Gasteiger partial charge in [-0.1, -0.05) is 30.0 Å². The van der Waals surface area contributed by atoms with E-state index in [1.165, 1.54) is 11.8 Å². The minimum Gasteiger partial charge on any atom is -0.493 e. The maximum atomic E-state index is 12.9. The number of thiazole rings is 1. The van der Waals surface area contributed by atoms with E-state index >= 15 is 0 Å². The van der Waals surface area contributed by atoms with Crippen molar-refractivity contribution in [1.82, 2.24) is 9.88 Å². The van der Waals surface area contributed by atoms with Crippen LogP contribution in [0.2, 0.25) is 0 Å². The monoisotopic (exact) mass is 414 g/mol. The number of likely N-dealkylation sites (tertiary alicyclic amines) is 1. The standard InChI is InChI=1S/C21H22N2O3S2/c1-25-17-10-9-14(12-18(17)26-2)16-7-5-11-23(16)20(24)13-27-21-22-15-6-3-4-8-19(15)28-21/h3-4,6,8-10,12,16H,5,7,11,13H2,1-2H3/t16-/m0/s1. The molecule has 0 radical (unpaired) electrons. The highest BCUT2D eigenvalue weighted by molar-refractivity contribution is 8.01. The quantitative estimate of drug-likeness (QED) is 0.544. The third-order valence-electron chi connectivity index (χ3n) is 4.96. The van der Waals surface area contributed by atoms with Crippen molar-refractivity contribution in [3.63, 3.8) is 0 Å². The number of rotatable bonds is 6. The van der Waals surface area contributed by atoms with Crippen LogP contribution in [-0.2, 0) is 4.79 Å². The molecule has 0 aliphatic carbocycles. The van der Waals surface area contributed by atoms with Crippen LogP contribution < -0.4 is 9.47 Å². The smallest absolute Gasteiger partial charge is 0.233 e. The van der Waals surface area contributed by atoms with Gasteiger partial charge in [0.2, 0.25) is 5.91 Å². The summed E-state index contributed by atoms with van der Waals surface area (Å²) >= 11 is 3.16. The van der Waals surface area contributed by atoms with Crippen LogP contribution >= 0.6 is 23.1 Å². The van der Waals surface area contributed by atoms with Crippen LogP contribution in [0.4, 0.5) is 0 Å². The van der Waals surface area contributed by atoms with Crippen molar-refractivity contribution >= 4 is 39.2 Å². The lowest BCUT2D eigenvalue weighted by molar-refractivity contribution is -0.129. The van der Waals surface area contributed by atoms with Gasteiger partial charge in [0.15, 0.2) is 15.8 Å². The number of thioether (sulfide) groups is 1. The lowest BCUT2D eigenvalue weighted by Crippen LogP contribution is -2.31. The maximum absolute atomic E-state index is 12.9. The van der Waals surface area contributed by atoms with Crippen molar-refractivity contribution < 1.29 is 14.3 Å². The Morgan fingerprint density at radius 1 is 1.21 bits per heavy atom. The van der Waals surface area contributed by atoms with Gasteiger partial charge in [0.1, 0.15) is 0 Å². The van der Waals surface area contributed by atoms with E-state index in [2.05, 4.69) is 11.1 Å². The van der Waals surface area contributed by atoms with Crippen molar-refractivity contribution in [3.05, 3.63) is 48.0 Å². The Morgan fingerprint density at radius 3 is 2.82 bits per heavy atom. The first-order chi connectivity index (χ1) is 13.7. The molecule has 1 amide bonds. The highest BCUT2D eigenvalue weighted by Gasteiger charge is 2.30. The van der Waals surface area contributed by atoms with Gasteiger partial charge in [0.05, 0.1) is 36.2 Å². The van der Waals surface area contributed by atoms with Crippen molar-refractivity contribution in [3.8, 4) is 11.5 Å². The first kappa shape index (κ1) is 19.1. The van der Waals surface area contributed by atoms with Crippen LogP contribution in [0.5, 0.6) is 11.5 Å². The number of amides is 1. The molecule has 1 aliphatic rings. The molecule has 1 fully saturated rings. The van der Waals surface area contributed by atoms with Gasteiger partial charge in [-0.05, 0) is 42.7 Å². The van der Waals surface area contributed by atoms with Gasteiger partial charge in [-0.3, -0.25) is 4.79 Å². The van der Waals surface area contributed by atoms with E-state index in [9.17, 15) is 4.79 Å². The van der Waals surface area contributed by atoms with E-state index in [-0.39, 0.29) is 11.9 Å². The molecule has 1 aromatic heterocycles. The Morgan fingerprint density at radius 2 is 2.04 bits per heavy atom. The SMILES string of the molecule is COc1ccc([C@@H]2CCCN2C(=O)CSc2nc3ccccc3s2)cc1OC. The number of para-hydroxylation sites is 1. The van der Waals surface area contributed by atoms with Gasteiger partial charge < -0.3 is 14.4 Å². The molecule has 0 bridgehead atoms. The number of ether oxygens (including phenoxy) is 2. The zero-order valence-corrected chi connectivity index (χ0v) is 17.5. The van der Waals surface area contributed by atoms with Gasteiger partial charge in [0, 0.05) is 6.54 Å². The number of hydrogen-bond donors (Lipinski definition) is 0. The number of benzene rings is 2. The van der Waals surface area contributed by atoms with Crippen LogP contribution in [0.25, 0.3) is 10.2 Å². The first-order valence-electron chi connectivity index (χ1n) is 9.19. The van der Waals surface area contributed by atoms with Gasteiger partial charge in [0.25, 0.3) is 0 Å². The Balaban J connectivity index is 1.46. The molecular weight excluding hydrogens is 392 g/mol. The normalized spacial score (nSPS) is 16.5. The van der Waals surface area contributed by atoms with Crippen LogP contribution in [0.1, 0.15) is 24.4 Å². The number of methoxy groups -OCH3 is 2. The third-order valence-corrected chi connectivity index (χ3v) is 7.12. The van der Waals surface area contributed by atoms with Crippen LogP contribution in [0.3, 0.4) is 0 Å². The van der Waals surface area contributed by atoms with E-state index in [1.54, 1.807) is 25.6 Å². The predicted molar refractivity (Wildman–Crippen MR) is 114 cm³/mol. The summed E-state index contributed by atoms with van der Waals surface area (Å²) in [5, 5.41) is 0. The molecule has 5 nitrogen and oxygen atoms in total. The zero-order chi connectivity index (χ0) is 19.5. The van der Waals surface area contributed by atoms with E-state index in [1.807, 2.05) is 41.3 Å². The summed E-state index contributed by atoms with van der Waals surface area (Å²) in [6.45, 7) is 0.790. The van der Waals surface area contributed by atoms with Crippen LogP contribution in [-0.4, -0.2) is 42.3 Å². The second-order valence-electron chi connectivity index (χ2n) is 6.60. The fraction of sp³-hybridized carbons (Fsp3) is 0.333. The van der Waals surface area contributed by atoms with Crippen LogP contribution in [0.15, 0.2) is 46.8 Å². The van der Waals surface area contributed by atoms with E-state index in [4.69, 9.17) is 9.47 Å². The highest BCUT2D eigenvalue weighted by atomic mass is 32.2. The topological polar surface area (TPSA) is 51.7 Å². The summed E-state index contributed by atoms with van der Waals surface area (Å²) in [6.07, 6.45) is 1.98. The zero-order valence-electron chi connectivity index (χ0n) is 15.9. The lowest BCUT2D eigenvalue weighted by atomic mass is 10.0. The molecule has 0 N–H and O–H groups in total. The number of carbonyl (C=O) groups excluding carboxylic acids is 1. The number of nitrogens with zero attached hydrogens (tertiary/aromatic N) is 2. The highest BCUT2D eigenvalue weighted by Crippen LogP contribution is 2.37. The maximum Gasteiger partial charge on any atom is 0.233 e. The fourth-order valence-electron chi connectivity index (χ4n) is 3.59. The van der Waals surface area contributed by atoms with Crippen molar-refractivity contribution in [2.45, 2.75) is 23.2 Å². The third kappa shape index (κ3) is 3.82. The minimum absolute atomic E-state index is 0.0864. The summed E-state index contributed by atoms with van der Waals surface area (Å²) in [5.74, 6) is 1.96. The number of hydrogen-bond acceptors (Lipinski definition) is 6. The Bertz CT molecular complexity index is 956. The molecule has 2 aromatic carbocycles. The molecule has 0 unspecified atom stereocenters. The molecule has 7 heteroatoms. The molecular formula is C21H22N2O3S2. The molecule has 3 aromatic rings. The fourth-order valence-corrected chi connectivity index (χ4v) is 5.55. The van der Waals surface area contributed by atoms with E-state index < -0.39 is 0 Å². The van der Waals surface area contributed by atoms with Gasteiger partial charge >= 0.3 is 0 Å². The van der Waals surface area contributed by atoms with Crippen molar-refractivity contribution in [2.75, 3.05) is 26.5 Å². The molecule has 2 heterocycles. The predicted octanol–water partition coefficient (Wildman–Crippen LogP) is 4.77. The summed E-state index contributed by atoms with van der Waals surface area (Å²) in [6, 6.07) is 14.1. The van der Waals surface area contributed by atoms with Gasteiger partial charge in [-0.15, -0.1) is 11.3 Å². The van der Waals surface area contributed by atoms with E-state index in [0.29, 0.717) is 17.3 Å². The Hall–Kier alpha value is -2.25. The minimum atomic E-state index is 0.0864.